The fraction of sp³-hybridized carbons (Fsp3) is 0.409. The summed E-state index contributed by atoms with van der Waals surface area (Å²) in [5, 5.41) is 0. The number of halogens is 7. The van der Waals surface area contributed by atoms with Crippen molar-refractivity contribution in [2.45, 2.75) is 36.2 Å². The highest BCUT2D eigenvalue weighted by atomic mass is 32.2. The van der Waals surface area contributed by atoms with Crippen molar-refractivity contribution in [2.24, 2.45) is 0 Å². The van der Waals surface area contributed by atoms with Crippen LogP contribution >= 0.6 is 0 Å². The topological polar surface area (TPSA) is 72.9 Å². The maximum Gasteiger partial charge on any atom is 0.425 e. The molecule has 0 bridgehead atoms. The van der Waals surface area contributed by atoms with E-state index in [1.165, 1.54) is 0 Å². The van der Waals surface area contributed by atoms with E-state index in [2.05, 4.69) is 0 Å². The van der Waals surface area contributed by atoms with Crippen molar-refractivity contribution < 1.29 is 53.4 Å². The van der Waals surface area contributed by atoms with E-state index < -0.39 is 73.5 Å². The second-order valence-corrected chi connectivity index (χ2v) is 10.2. The molecule has 2 aromatic rings. The maximum absolute atomic E-state index is 13.9. The van der Waals surface area contributed by atoms with Crippen LogP contribution in [0.5, 0.6) is 11.5 Å². The molecule has 1 heterocycles. The van der Waals surface area contributed by atoms with Crippen LogP contribution in [0.2, 0.25) is 0 Å². The summed E-state index contributed by atoms with van der Waals surface area (Å²) in [6.07, 6.45) is -11.2. The molecule has 0 aromatic heterocycles. The number of benzene rings is 2. The van der Waals surface area contributed by atoms with E-state index in [1.54, 1.807) is 0 Å². The Morgan fingerprint density at radius 1 is 1.08 bits per heavy atom. The van der Waals surface area contributed by atoms with Crippen molar-refractivity contribution in [1.82, 2.24) is 4.90 Å². The molecule has 0 N–H and O–H groups in total. The summed E-state index contributed by atoms with van der Waals surface area (Å²) in [5.74, 6) is -4.06. The Bertz CT molecular complexity index is 1270. The molecule has 1 saturated heterocycles. The summed E-state index contributed by atoms with van der Waals surface area (Å²) < 4.78 is 126. The van der Waals surface area contributed by atoms with Crippen molar-refractivity contribution in [1.29, 1.82) is 0 Å². The molecular formula is C22H20F7NO5S. The first kappa shape index (κ1) is 27.6. The molecule has 0 saturated carbocycles. The van der Waals surface area contributed by atoms with Crippen LogP contribution in [0.15, 0.2) is 35.2 Å². The molecule has 36 heavy (non-hydrogen) atoms. The lowest BCUT2D eigenvalue weighted by Gasteiger charge is -2.40. The second-order valence-electron chi connectivity index (χ2n) is 8.19. The van der Waals surface area contributed by atoms with Crippen molar-refractivity contribution in [2.75, 3.05) is 26.5 Å². The predicted octanol–water partition coefficient (Wildman–Crippen LogP) is 4.83. The van der Waals surface area contributed by atoms with Crippen molar-refractivity contribution in [3.8, 4) is 11.5 Å². The largest absolute Gasteiger partial charge is 0.494 e. The number of sulfone groups is 1. The minimum absolute atomic E-state index is 0.121. The third-order valence-electron chi connectivity index (χ3n) is 5.60. The molecule has 0 radical (unpaired) electrons. The lowest BCUT2D eigenvalue weighted by atomic mass is 9.90. The molecule has 14 heteroatoms. The normalized spacial score (nSPS) is 15.9. The maximum atomic E-state index is 13.9. The Balaban J connectivity index is 1.94. The van der Waals surface area contributed by atoms with E-state index in [0.29, 0.717) is 19.1 Å². The number of nitrogens with zero attached hydrogens (tertiary/aromatic N) is 1. The molecule has 1 aliphatic heterocycles. The average molecular weight is 543 g/mol. The molecule has 3 rings (SSSR count). The summed E-state index contributed by atoms with van der Waals surface area (Å²) >= 11 is 0. The molecule has 0 unspecified atom stereocenters. The highest BCUT2D eigenvalue weighted by Crippen LogP contribution is 2.40. The van der Waals surface area contributed by atoms with Gasteiger partial charge < -0.3 is 14.4 Å². The first-order valence-electron chi connectivity index (χ1n) is 10.3. The standard InChI is InChI=1S/C22H20F7NO5S/c1-11(21(24,25)26)35-16-6-7-17(36(3,32)33)19(34-2)18(16)20(31)30-9-13(10-30)12-4-5-14(15(23)8-12)22(27,28)29/h4-8,11,13H,9-10H2,1-3H3/t11-/m0/s1. The Kier molecular flexibility index (Phi) is 7.23. The molecule has 0 aliphatic carbocycles. The predicted molar refractivity (Wildman–Crippen MR) is 112 cm³/mol. The molecule has 198 valence electrons. The Hall–Kier alpha value is -3.03. The van der Waals surface area contributed by atoms with Crippen LogP contribution in [0, 0.1) is 5.82 Å². The highest BCUT2D eigenvalue weighted by molar-refractivity contribution is 7.90. The van der Waals surface area contributed by atoms with Gasteiger partial charge in [0.2, 0.25) is 0 Å². The number of alkyl halides is 6. The molecule has 6 nitrogen and oxygen atoms in total. The highest BCUT2D eigenvalue weighted by Gasteiger charge is 2.41. The van der Waals surface area contributed by atoms with Crippen LogP contribution in [-0.4, -0.2) is 58.0 Å². The van der Waals surface area contributed by atoms with E-state index in [0.717, 1.165) is 36.5 Å². The molecule has 0 spiro atoms. The van der Waals surface area contributed by atoms with Crippen molar-refractivity contribution >= 4 is 15.7 Å². The number of hydrogen-bond acceptors (Lipinski definition) is 5. The van der Waals surface area contributed by atoms with E-state index in [4.69, 9.17) is 9.47 Å². The van der Waals surface area contributed by atoms with Gasteiger partial charge in [-0.25, -0.2) is 12.8 Å². The Morgan fingerprint density at radius 2 is 1.69 bits per heavy atom. The van der Waals surface area contributed by atoms with Crippen LogP contribution in [0.1, 0.15) is 34.3 Å². The van der Waals surface area contributed by atoms with Crippen LogP contribution < -0.4 is 9.47 Å². The molecule has 2 aromatic carbocycles. The third-order valence-corrected chi connectivity index (χ3v) is 6.72. The fourth-order valence-electron chi connectivity index (χ4n) is 3.63. The fourth-order valence-corrected chi connectivity index (χ4v) is 4.46. The Morgan fingerprint density at radius 3 is 2.17 bits per heavy atom. The number of amides is 1. The summed E-state index contributed by atoms with van der Waals surface area (Å²) in [5.41, 5.74) is -1.82. The first-order chi connectivity index (χ1) is 16.4. The monoisotopic (exact) mass is 543 g/mol. The number of ether oxygens (including phenoxy) is 2. The van der Waals surface area contributed by atoms with Crippen LogP contribution in [0.25, 0.3) is 0 Å². The number of hydrogen-bond donors (Lipinski definition) is 0. The van der Waals surface area contributed by atoms with Gasteiger partial charge in [-0.1, -0.05) is 6.07 Å². The van der Waals surface area contributed by atoms with Gasteiger partial charge in [-0.15, -0.1) is 0 Å². The van der Waals surface area contributed by atoms with Gasteiger partial charge >= 0.3 is 12.4 Å². The minimum Gasteiger partial charge on any atom is -0.494 e. The molecule has 1 amide bonds. The number of methoxy groups -OCH3 is 1. The van der Waals surface area contributed by atoms with Gasteiger partial charge in [0.15, 0.2) is 21.7 Å². The average Bonchev–Trinajstić information content (AvgIpc) is 2.69. The van der Waals surface area contributed by atoms with Crippen LogP contribution in [0.3, 0.4) is 0 Å². The zero-order chi connectivity index (χ0) is 27.2. The number of carbonyl (C=O) groups excluding carboxylic acids is 1. The van der Waals surface area contributed by atoms with E-state index in [1.807, 2.05) is 0 Å². The number of carbonyl (C=O) groups is 1. The van der Waals surface area contributed by atoms with E-state index >= 15 is 0 Å². The summed E-state index contributed by atoms with van der Waals surface area (Å²) in [4.78, 5) is 13.9. The van der Waals surface area contributed by atoms with Crippen LogP contribution in [-0.2, 0) is 16.0 Å². The third kappa shape index (κ3) is 5.52. The summed E-state index contributed by atoms with van der Waals surface area (Å²) in [6.45, 7) is 0.457. The summed E-state index contributed by atoms with van der Waals surface area (Å²) in [6, 6.07) is 4.23. The van der Waals surface area contributed by atoms with Gasteiger partial charge in [0.05, 0.1) is 12.7 Å². The second kappa shape index (κ2) is 9.45. The van der Waals surface area contributed by atoms with Gasteiger partial charge in [0.1, 0.15) is 22.0 Å². The van der Waals surface area contributed by atoms with E-state index in [-0.39, 0.29) is 18.7 Å². The minimum atomic E-state index is -4.88. The molecule has 1 aliphatic rings. The smallest absolute Gasteiger partial charge is 0.425 e. The molecule has 1 fully saturated rings. The van der Waals surface area contributed by atoms with Crippen molar-refractivity contribution in [3.63, 3.8) is 0 Å². The zero-order valence-electron chi connectivity index (χ0n) is 19.0. The van der Waals surface area contributed by atoms with Crippen LogP contribution in [0.4, 0.5) is 30.7 Å². The quantitative estimate of drug-likeness (QED) is 0.489. The van der Waals surface area contributed by atoms with Gasteiger partial charge in [-0.05, 0) is 36.8 Å². The van der Waals surface area contributed by atoms with E-state index in [9.17, 15) is 43.9 Å². The Labute approximate surface area is 201 Å². The molecular weight excluding hydrogens is 523 g/mol. The number of rotatable bonds is 6. The first-order valence-corrected chi connectivity index (χ1v) is 12.1. The van der Waals surface area contributed by atoms with Gasteiger partial charge in [0, 0.05) is 25.3 Å². The molecule has 1 atom stereocenters. The number of likely N-dealkylation sites (tertiary alicyclic amines) is 1. The summed E-state index contributed by atoms with van der Waals surface area (Å²) in [7, 11) is -2.94. The lowest BCUT2D eigenvalue weighted by molar-refractivity contribution is -0.189. The SMILES string of the molecule is COc1c(S(C)(=O)=O)ccc(O[C@@H](C)C(F)(F)F)c1C(=O)N1CC(c2ccc(C(F)(F)F)c(F)c2)C1. The lowest BCUT2D eigenvalue weighted by Crippen LogP contribution is -2.48. The van der Waals surface area contributed by atoms with Gasteiger partial charge in [0.25, 0.3) is 5.91 Å². The van der Waals surface area contributed by atoms with Crippen molar-refractivity contribution in [3.05, 3.63) is 52.8 Å². The zero-order valence-corrected chi connectivity index (χ0v) is 19.8. The van der Waals surface area contributed by atoms with Gasteiger partial charge in [-0.3, -0.25) is 4.79 Å². The van der Waals surface area contributed by atoms with Gasteiger partial charge in [-0.2, -0.15) is 26.3 Å².